The third-order valence-corrected chi connectivity index (χ3v) is 7.89. The molecule has 2 aliphatic rings. The molecule has 1 aliphatic heterocycles. The molecule has 4 heterocycles. The zero-order chi connectivity index (χ0) is 25.5. The minimum atomic E-state index is -0.196. The molecule has 3 aromatic heterocycles. The Balaban J connectivity index is 0.00000277. The SMILES string of the molecule is C.NC1(c2ccc(-n3c(-c4cccnc4)nc4ccc(-c5cccc(N6CCOCC6)c5)nc43)cc2)CCC1. The molecule has 2 fully saturated rings. The number of rotatable bonds is 5. The highest BCUT2D eigenvalue weighted by atomic mass is 16.5. The summed E-state index contributed by atoms with van der Waals surface area (Å²) in [5.74, 6) is 0.818. The molecular formula is C32H34N6O. The van der Waals surface area contributed by atoms with E-state index >= 15 is 0 Å². The van der Waals surface area contributed by atoms with Crippen LogP contribution in [0.15, 0.2) is 85.2 Å². The summed E-state index contributed by atoms with van der Waals surface area (Å²) in [6, 6.07) is 25.3. The van der Waals surface area contributed by atoms with Crippen molar-refractivity contribution < 1.29 is 4.74 Å². The van der Waals surface area contributed by atoms with E-state index in [2.05, 4.69) is 75.1 Å². The topological polar surface area (TPSA) is 82.1 Å². The van der Waals surface area contributed by atoms with Crippen LogP contribution in [-0.2, 0) is 10.3 Å². The molecule has 0 spiro atoms. The number of pyridine rings is 2. The third kappa shape index (κ3) is 4.58. The van der Waals surface area contributed by atoms with Gasteiger partial charge in [-0.25, -0.2) is 9.97 Å². The van der Waals surface area contributed by atoms with Crippen molar-refractivity contribution in [1.29, 1.82) is 0 Å². The number of hydrogen-bond donors (Lipinski definition) is 1. The van der Waals surface area contributed by atoms with E-state index in [1.165, 1.54) is 17.7 Å². The molecule has 1 aliphatic carbocycles. The molecule has 0 radical (unpaired) electrons. The second-order valence-electron chi connectivity index (χ2n) is 10.3. The fraction of sp³-hybridized carbons (Fsp3) is 0.281. The highest BCUT2D eigenvalue weighted by Gasteiger charge is 2.34. The number of aromatic nitrogens is 4. The Hall–Kier alpha value is -4.07. The van der Waals surface area contributed by atoms with Gasteiger partial charge >= 0.3 is 0 Å². The summed E-state index contributed by atoms with van der Waals surface area (Å²) in [7, 11) is 0. The average molecular weight is 519 g/mol. The summed E-state index contributed by atoms with van der Waals surface area (Å²) >= 11 is 0. The minimum Gasteiger partial charge on any atom is -0.378 e. The van der Waals surface area contributed by atoms with Gasteiger partial charge in [0, 0.05) is 53.5 Å². The molecule has 1 saturated heterocycles. The van der Waals surface area contributed by atoms with Crippen molar-refractivity contribution in [2.45, 2.75) is 32.2 Å². The molecule has 198 valence electrons. The molecule has 7 heteroatoms. The predicted molar refractivity (Wildman–Crippen MR) is 157 cm³/mol. The van der Waals surface area contributed by atoms with Crippen molar-refractivity contribution in [3.05, 3.63) is 90.8 Å². The van der Waals surface area contributed by atoms with Crippen LogP contribution in [-0.4, -0.2) is 45.8 Å². The van der Waals surface area contributed by atoms with Gasteiger partial charge in [-0.15, -0.1) is 0 Å². The highest BCUT2D eigenvalue weighted by molar-refractivity contribution is 5.83. The third-order valence-electron chi connectivity index (χ3n) is 7.89. The van der Waals surface area contributed by atoms with Crippen LogP contribution in [0, 0.1) is 0 Å². The van der Waals surface area contributed by atoms with Crippen molar-refractivity contribution in [2.24, 2.45) is 5.73 Å². The number of hydrogen-bond acceptors (Lipinski definition) is 6. The lowest BCUT2D eigenvalue weighted by Gasteiger charge is -2.38. The Morgan fingerprint density at radius 3 is 2.33 bits per heavy atom. The lowest BCUT2D eigenvalue weighted by molar-refractivity contribution is 0.122. The van der Waals surface area contributed by atoms with E-state index in [1.807, 2.05) is 18.3 Å². The standard InChI is InChI=1S/C31H30N6O.CH4/c32-31(13-3-14-31)24-7-9-25(10-8-24)37-29(23-5-2-15-33-21-23)35-28-12-11-27(34-30(28)37)22-4-1-6-26(20-22)36-16-18-38-19-17-36;/h1-2,4-12,15,20-21H,3,13-14,16-19,32H2;1H4. The molecule has 5 aromatic rings. The lowest BCUT2D eigenvalue weighted by Crippen LogP contribution is -2.43. The van der Waals surface area contributed by atoms with E-state index in [0.717, 1.165) is 78.6 Å². The Labute approximate surface area is 229 Å². The van der Waals surface area contributed by atoms with Crippen molar-refractivity contribution in [1.82, 2.24) is 19.5 Å². The average Bonchev–Trinajstić information content (AvgIpc) is 3.36. The van der Waals surface area contributed by atoms with Crippen LogP contribution in [0.2, 0.25) is 0 Å². The summed E-state index contributed by atoms with van der Waals surface area (Å²) in [5, 5.41) is 0. The molecule has 2 aromatic carbocycles. The van der Waals surface area contributed by atoms with Gasteiger partial charge in [0.2, 0.25) is 0 Å². The first-order valence-corrected chi connectivity index (χ1v) is 13.3. The van der Waals surface area contributed by atoms with Crippen molar-refractivity contribution >= 4 is 16.9 Å². The minimum absolute atomic E-state index is 0. The largest absolute Gasteiger partial charge is 0.378 e. The lowest BCUT2D eigenvalue weighted by atomic mass is 9.73. The summed E-state index contributed by atoms with van der Waals surface area (Å²) in [6.07, 6.45) is 6.89. The number of morpholine rings is 1. The van der Waals surface area contributed by atoms with Crippen LogP contribution in [0.3, 0.4) is 0 Å². The smallest absolute Gasteiger partial charge is 0.165 e. The normalized spacial score (nSPS) is 16.5. The maximum absolute atomic E-state index is 6.60. The zero-order valence-corrected chi connectivity index (χ0v) is 21.3. The Bertz CT molecular complexity index is 1580. The molecule has 0 amide bonds. The summed E-state index contributed by atoms with van der Waals surface area (Å²) in [5.41, 5.74) is 14.4. The number of nitrogens with zero attached hydrogens (tertiary/aromatic N) is 5. The van der Waals surface area contributed by atoms with Gasteiger partial charge < -0.3 is 15.4 Å². The molecule has 0 bridgehead atoms. The van der Waals surface area contributed by atoms with E-state index in [9.17, 15) is 0 Å². The fourth-order valence-corrected chi connectivity index (χ4v) is 5.52. The Morgan fingerprint density at radius 2 is 1.62 bits per heavy atom. The van der Waals surface area contributed by atoms with Crippen LogP contribution in [0.25, 0.3) is 39.5 Å². The number of benzene rings is 2. The molecule has 0 atom stereocenters. The van der Waals surface area contributed by atoms with Gasteiger partial charge in [-0.3, -0.25) is 9.55 Å². The van der Waals surface area contributed by atoms with Crippen LogP contribution in [0.5, 0.6) is 0 Å². The number of imidazole rings is 1. The van der Waals surface area contributed by atoms with E-state index in [1.54, 1.807) is 6.20 Å². The maximum atomic E-state index is 6.60. The Morgan fingerprint density at radius 1 is 0.821 bits per heavy atom. The summed E-state index contributed by atoms with van der Waals surface area (Å²) < 4.78 is 7.67. The van der Waals surface area contributed by atoms with Gasteiger partial charge in [0.1, 0.15) is 11.3 Å². The molecule has 7 nitrogen and oxygen atoms in total. The number of nitrogens with two attached hydrogens (primary N) is 1. The first-order valence-electron chi connectivity index (χ1n) is 13.3. The fourth-order valence-electron chi connectivity index (χ4n) is 5.52. The monoisotopic (exact) mass is 518 g/mol. The molecule has 7 rings (SSSR count). The molecule has 2 N–H and O–H groups in total. The second-order valence-corrected chi connectivity index (χ2v) is 10.3. The number of anilines is 1. The van der Waals surface area contributed by atoms with E-state index in [4.69, 9.17) is 20.4 Å². The van der Waals surface area contributed by atoms with Crippen LogP contribution in [0.4, 0.5) is 5.69 Å². The van der Waals surface area contributed by atoms with Crippen LogP contribution in [0.1, 0.15) is 32.3 Å². The first-order chi connectivity index (χ1) is 18.7. The van der Waals surface area contributed by atoms with Crippen LogP contribution < -0.4 is 10.6 Å². The van der Waals surface area contributed by atoms with Gasteiger partial charge in [-0.2, -0.15) is 0 Å². The summed E-state index contributed by atoms with van der Waals surface area (Å²) in [6.45, 7) is 3.32. The van der Waals surface area contributed by atoms with Crippen molar-refractivity contribution in [2.75, 3.05) is 31.2 Å². The summed E-state index contributed by atoms with van der Waals surface area (Å²) in [4.78, 5) is 16.9. The first kappa shape index (κ1) is 25.2. The van der Waals surface area contributed by atoms with Gasteiger partial charge in [-0.1, -0.05) is 31.7 Å². The Kier molecular flexibility index (Phi) is 6.62. The maximum Gasteiger partial charge on any atom is 0.165 e. The predicted octanol–water partition coefficient (Wildman–Crippen LogP) is 5.96. The number of ether oxygens (including phenoxy) is 1. The van der Waals surface area contributed by atoms with Crippen LogP contribution >= 0.6 is 0 Å². The molecule has 39 heavy (non-hydrogen) atoms. The van der Waals surface area contributed by atoms with E-state index in [0.29, 0.717) is 0 Å². The molecular weight excluding hydrogens is 484 g/mol. The van der Waals surface area contributed by atoms with Gasteiger partial charge in [0.05, 0.1) is 18.9 Å². The second kappa shape index (κ2) is 10.2. The quantitative estimate of drug-likeness (QED) is 0.309. The molecule has 1 saturated carbocycles. The van der Waals surface area contributed by atoms with Crippen molar-refractivity contribution in [3.8, 4) is 28.3 Å². The number of fused-ring (bicyclic) bond motifs is 1. The van der Waals surface area contributed by atoms with E-state index in [-0.39, 0.29) is 13.0 Å². The van der Waals surface area contributed by atoms with Gasteiger partial charge in [0.25, 0.3) is 0 Å². The highest BCUT2D eigenvalue weighted by Crippen LogP contribution is 2.39. The van der Waals surface area contributed by atoms with E-state index < -0.39 is 0 Å². The van der Waals surface area contributed by atoms with Gasteiger partial charge in [-0.05, 0) is 73.4 Å². The zero-order valence-electron chi connectivity index (χ0n) is 21.3. The van der Waals surface area contributed by atoms with Gasteiger partial charge in [0.15, 0.2) is 5.65 Å². The van der Waals surface area contributed by atoms with Crippen molar-refractivity contribution in [3.63, 3.8) is 0 Å². The molecule has 0 unspecified atom stereocenters.